The number of aryl methyl sites for hydroxylation is 1. The Bertz CT molecular complexity index is 611. The van der Waals surface area contributed by atoms with Crippen molar-refractivity contribution in [2.75, 3.05) is 18.0 Å². The zero-order chi connectivity index (χ0) is 12.9. The summed E-state index contributed by atoms with van der Waals surface area (Å²) in [6, 6.07) is 2.08. The maximum atomic E-state index is 10.1. The molecule has 0 spiro atoms. The van der Waals surface area contributed by atoms with Gasteiger partial charge in [-0.1, -0.05) is 0 Å². The fourth-order valence-electron chi connectivity index (χ4n) is 2.37. The van der Waals surface area contributed by atoms with Crippen LogP contribution >= 0.6 is 22.9 Å². The van der Waals surface area contributed by atoms with Gasteiger partial charge in [0.1, 0.15) is 10.6 Å². The monoisotopic (exact) mass is 283 g/mol. The highest BCUT2D eigenvalue weighted by Gasteiger charge is 2.33. The molecule has 2 aromatic rings. The van der Waals surface area contributed by atoms with Gasteiger partial charge in [0.25, 0.3) is 0 Å². The Morgan fingerprint density at radius 1 is 1.50 bits per heavy atom. The van der Waals surface area contributed by atoms with Crippen LogP contribution in [0.1, 0.15) is 18.2 Å². The normalized spacial score (nSPS) is 24.1. The molecular formula is C12H14ClN3OS. The first-order valence-corrected chi connectivity index (χ1v) is 7.05. The van der Waals surface area contributed by atoms with E-state index >= 15 is 0 Å². The first-order chi connectivity index (χ1) is 8.44. The third-order valence-electron chi connectivity index (χ3n) is 3.22. The van der Waals surface area contributed by atoms with Crippen LogP contribution in [0.25, 0.3) is 10.2 Å². The van der Waals surface area contributed by atoms with E-state index in [1.807, 2.05) is 13.8 Å². The molecule has 1 unspecified atom stereocenters. The smallest absolute Gasteiger partial charge is 0.225 e. The van der Waals surface area contributed by atoms with Gasteiger partial charge in [-0.3, -0.25) is 0 Å². The Hall–Kier alpha value is -0.910. The van der Waals surface area contributed by atoms with Crippen molar-refractivity contribution in [3.05, 3.63) is 16.2 Å². The summed E-state index contributed by atoms with van der Waals surface area (Å²) < 4.78 is 0. The third-order valence-corrected chi connectivity index (χ3v) is 4.33. The molecule has 1 N–H and O–H groups in total. The molecule has 6 heteroatoms. The summed E-state index contributed by atoms with van der Waals surface area (Å²) >= 11 is 7.59. The quantitative estimate of drug-likeness (QED) is 0.818. The fourth-order valence-corrected chi connectivity index (χ4v) is 3.46. The lowest BCUT2D eigenvalue weighted by Gasteiger charge is -2.20. The van der Waals surface area contributed by atoms with E-state index in [4.69, 9.17) is 11.6 Å². The summed E-state index contributed by atoms with van der Waals surface area (Å²) in [5, 5.41) is 11.4. The molecule has 3 heterocycles. The van der Waals surface area contributed by atoms with Crippen molar-refractivity contribution in [2.45, 2.75) is 25.9 Å². The molecule has 0 amide bonds. The highest BCUT2D eigenvalue weighted by molar-refractivity contribution is 7.18. The number of thiophene rings is 1. The molecular weight excluding hydrogens is 270 g/mol. The van der Waals surface area contributed by atoms with Crippen LogP contribution in [0.4, 0.5) is 5.82 Å². The molecule has 1 atom stereocenters. The summed E-state index contributed by atoms with van der Waals surface area (Å²) in [6.07, 6.45) is 0.749. The molecule has 96 valence electrons. The van der Waals surface area contributed by atoms with E-state index in [1.165, 1.54) is 4.88 Å². The number of halogens is 1. The Kier molecular flexibility index (Phi) is 2.73. The molecule has 18 heavy (non-hydrogen) atoms. The number of rotatable bonds is 1. The maximum absolute atomic E-state index is 10.1. The molecule has 0 bridgehead atoms. The fraction of sp³-hybridized carbons (Fsp3) is 0.500. The number of β-amino-alcohol motifs (C(OH)–C–C–N with tert-alkyl or cyclic N) is 1. The Balaban J connectivity index is 2.11. The molecule has 1 aliphatic heterocycles. The molecule has 3 rings (SSSR count). The molecule has 2 aromatic heterocycles. The van der Waals surface area contributed by atoms with Gasteiger partial charge in [-0.25, -0.2) is 4.98 Å². The minimum absolute atomic E-state index is 0.269. The van der Waals surface area contributed by atoms with E-state index in [0.29, 0.717) is 6.54 Å². The van der Waals surface area contributed by atoms with Gasteiger partial charge in [-0.2, -0.15) is 4.98 Å². The molecule has 1 aliphatic rings. The highest BCUT2D eigenvalue weighted by Crippen LogP contribution is 2.34. The number of hydrogen-bond acceptors (Lipinski definition) is 5. The van der Waals surface area contributed by atoms with Crippen molar-refractivity contribution in [2.24, 2.45) is 0 Å². The number of hydrogen-bond donors (Lipinski definition) is 1. The van der Waals surface area contributed by atoms with Gasteiger partial charge in [0.15, 0.2) is 0 Å². The van der Waals surface area contributed by atoms with Crippen LogP contribution in [0.15, 0.2) is 6.07 Å². The molecule has 0 saturated carbocycles. The average molecular weight is 284 g/mol. The number of nitrogens with zero attached hydrogens (tertiary/aromatic N) is 3. The minimum atomic E-state index is -0.644. The summed E-state index contributed by atoms with van der Waals surface area (Å²) in [4.78, 5) is 12.8. The summed E-state index contributed by atoms with van der Waals surface area (Å²) in [6.45, 7) is 5.28. The van der Waals surface area contributed by atoms with Gasteiger partial charge in [0.2, 0.25) is 5.28 Å². The number of aromatic nitrogens is 2. The van der Waals surface area contributed by atoms with Crippen LogP contribution in [-0.2, 0) is 0 Å². The molecule has 1 fully saturated rings. The summed E-state index contributed by atoms with van der Waals surface area (Å²) in [7, 11) is 0. The second-order valence-corrected chi connectivity index (χ2v) is 6.63. The van der Waals surface area contributed by atoms with Crippen molar-refractivity contribution in [3.8, 4) is 0 Å². The van der Waals surface area contributed by atoms with E-state index in [1.54, 1.807) is 11.3 Å². The van der Waals surface area contributed by atoms with E-state index in [9.17, 15) is 5.11 Å². The molecule has 0 radical (unpaired) electrons. The number of aliphatic hydroxyl groups is 1. The largest absolute Gasteiger partial charge is 0.388 e. The van der Waals surface area contributed by atoms with E-state index in [2.05, 4.69) is 20.9 Å². The molecule has 4 nitrogen and oxygen atoms in total. The lowest BCUT2D eigenvalue weighted by molar-refractivity contribution is 0.0839. The van der Waals surface area contributed by atoms with Gasteiger partial charge >= 0.3 is 0 Å². The maximum Gasteiger partial charge on any atom is 0.225 e. The van der Waals surface area contributed by atoms with Crippen LogP contribution in [0.5, 0.6) is 0 Å². The SMILES string of the molecule is Cc1cc2c(N3CCC(C)(O)C3)nc(Cl)nc2s1. The van der Waals surface area contributed by atoms with Gasteiger partial charge < -0.3 is 10.0 Å². The zero-order valence-corrected chi connectivity index (χ0v) is 11.8. The van der Waals surface area contributed by atoms with Gasteiger partial charge in [-0.15, -0.1) is 11.3 Å². The first-order valence-electron chi connectivity index (χ1n) is 5.86. The van der Waals surface area contributed by atoms with Crippen molar-refractivity contribution in [1.82, 2.24) is 9.97 Å². The lowest BCUT2D eigenvalue weighted by atomic mass is 10.1. The molecule has 0 aliphatic carbocycles. The second kappa shape index (κ2) is 4.05. The topological polar surface area (TPSA) is 49.2 Å². The van der Waals surface area contributed by atoms with Crippen LogP contribution in [0.2, 0.25) is 5.28 Å². The molecule has 0 aromatic carbocycles. The summed E-state index contributed by atoms with van der Waals surface area (Å²) in [5.41, 5.74) is -0.644. The number of anilines is 1. The van der Waals surface area contributed by atoms with Crippen LogP contribution in [-0.4, -0.2) is 33.8 Å². The van der Waals surface area contributed by atoms with Gasteiger partial charge in [0.05, 0.1) is 11.0 Å². The van der Waals surface area contributed by atoms with E-state index < -0.39 is 5.60 Å². The summed E-state index contributed by atoms with van der Waals surface area (Å²) in [5.74, 6) is 0.840. The third kappa shape index (κ3) is 2.06. The lowest BCUT2D eigenvalue weighted by Crippen LogP contribution is -2.30. The predicted octanol–water partition coefficient (Wildman–Crippen LogP) is 2.61. The van der Waals surface area contributed by atoms with Crippen molar-refractivity contribution < 1.29 is 5.11 Å². The Labute approximate surface area is 114 Å². The standard InChI is InChI=1S/C12H14ClN3OS/c1-7-5-8-9(14-11(13)15-10(8)18-7)16-4-3-12(2,17)6-16/h5,17H,3-4,6H2,1-2H3. The zero-order valence-electron chi connectivity index (χ0n) is 10.3. The Morgan fingerprint density at radius 3 is 2.94 bits per heavy atom. The van der Waals surface area contributed by atoms with Crippen molar-refractivity contribution >= 4 is 39.0 Å². The van der Waals surface area contributed by atoms with Crippen LogP contribution in [0.3, 0.4) is 0 Å². The van der Waals surface area contributed by atoms with E-state index in [0.717, 1.165) is 29.0 Å². The van der Waals surface area contributed by atoms with Gasteiger partial charge in [-0.05, 0) is 37.9 Å². The highest BCUT2D eigenvalue weighted by atomic mass is 35.5. The minimum Gasteiger partial charge on any atom is -0.388 e. The predicted molar refractivity (Wildman–Crippen MR) is 74.6 cm³/mol. The molecule has 1 saturated heterocycles. The van der Waals surface area contributed by atoms with Crippen molar-refractivity contribution in [3.63, 3.8) is 0 Å². The number of fused-ring (bicyclic) bond motifs is 1. The first kappa shape index (κ1) is 12.1. The van der Waals surface area contributed by atoms with Crippen molar-refractivity contribution in [1.29, 1.82) is 0 Å². The van der Waals surface area contributed by atoms with Crippen LogP contribution in [0, 0.1) is 6.92 Å². The Morgan fingerprint density at radius 2 is 2.28 bits per heavy atom. The van der Waals surface area contributed by atoms with Gasteiger partial charge in [0, 0.05) is 18.0 Å². The van der Waals surface area contributed by atoms with Crippen LogP contribution < -0.4 is 4.90 Å². The average Bonchev–Trinajstić information content (AvgIpc) is 2.79. The second-order valence-electron chi connectivity index (χ2n) is 5.06. The van der Waals surface area contributed by atoms with E-state index in [-0.39, 0.29) is 5.28 Å².